The first kappa shape index (κ1) is 22.6. The third kappa shape index (κ3) is 5.73. The maximum atomic E-state index is 12.6. The smallest absolute Gasteiger partial charge is 0.319 e. The van der Waals surface area contributed by atoms with Gasteiger partial charge in [-0.2, -0.15) is 4.31 Å². The Kier molecular flexibility index (Phi) is 7.47. The molecule has 2 N–H and O–H groups in total. The van der Waals surface area contributed by atoms with E-state index in [1.165, 1.54) is 18.5 Å². The van der Waals surface area contributed by atoms with Crippen molar-refractivity contribution < 1.29 is 22.7 Å². The molecule has 11 nitrogen and oxygen atoms in total. The SMILES string of the molecule is COc1cccc(NC(=O)NCCS(=O)(=O)N2CCN(c3ncccn3)CC2)c1OC. The number of para-hydroxylation sites is 1. The average Bonchev–Trinajstić information content (AvgIpc) is 2.79. The van der Waals surface area contributed by atoms with Crippen molar-refractivity contribution in [1.29, 1.82) is 0 Å². The Morgan fingerprint density at radius 2 is 1.77 bits per heavy atom. The molecule has 2 amide bonds. The van der Waals surface area contributed by atoms with E-state index < -0.39 is 16.1 Å². The van der Waals surface area contributed by atoms with Crippen LogP contribution in [-0.2, 0) is 10.0 Å². The van der Waals surface area contributed by atoms with E-state index in [0.717, 1.165) is 0 Å². The van der Waals surface area contributed by atoms with Crippen LogP contribution in [0.4, 0.5) is 16.4 Å². The van der Waals surface area contributed by atoms with Crippen LogP contribution in [0, 0.1) is 0 Å². The summed E-state index contributed by atoms with van der Waals surface area (Å²) in [5.41, 5.74) is 0.418. The van der Waals surface area contributed by atoms with E-state index in [1.54, 1.807) is 36.7 Å². The first-order valence-corrected chi connectivity index (χ1v) is 11.3. The zero-order chi connectivity index (χ0) is 22.3. The predicted octanol–water partition coefficient (Wildman–Crippen LogP) is 0.767. The maximum Gasteiger partial charge on any atom is 0.319 e. The quantitative estimate of drug-likeness (QED) is 0.604. The van der Waals surface area contributed by atoms with Gasteiger partial charge in [0, 0.05) is 45.1 Å². The van der Waals surface area contributed by atoms with Crippen molar-refractivity contribution in [2.24, 2.45) is 0 Å². The standard InChI is InChI=1S/C19H26N6O5S/c1-29-16-6-3-5-15(17(16)30-2)23-19(26)22-9-14-31(27,28)25-12-10-24(11-13-25)18-20-7-4-8-21-18/h3-8H,9-14H2,1-2H3,(H2,22,23,26). The number of nitrogens with one attached hydrogen (secondary N) is 2. The van der Waals surface area contributed by atoms with Gasteiger partial charge in [0.05, 0.1) is 25.7 Å². The van der Waals surface area contributed by atoms with Crippen LogP contribution in [0.25, 0.3) is 0 Å². The van der Waals surface area contributed by atoms with Crippen LogP contribution < -0.4 is 25.0 Å². The molecule has 168 valence electrons. The third-order valence-corrected chi connectivity index (χ3v) is 6.64. The molecule has 2 aromatic rings. The van der Waals surface area contributed by atoms with Crippen LogP contribution in [-0.4, -0.2) is 81.4 Å². The van der Waals surface area contributed by atoms with E-state index in [4.69, 9.17) is 9.47 Å². The van der Waals surface area contributed by atoms with E-state index in [2.05, 4.69) is 20.6 Å². The molecule has 1 aromatic heterocycles. The molecule has 0 radical (unpaired) electrons. The fourth-order valence-electron chi connectivity index (χ4n) is 3.20. The number of hydrogen-bond acceptors (Lipinski definition) is 8. The Balaban J connectivity index is 1.47. The third-order valence-electron chi connectivity index (χ3n) is 4.76. The van der Waals surface area contributed by atoms with Gasteiger partial charge in [-0.3, -0.25) is 0 Å². The van der Waals surface area contributed by atoms with Gasteiger partial charge in [-0.05, 0) is 18.2 Å². The fourth-order valence-corrected chi connectivity index (χ4v) is 4.53. The summed E-state index contributed by atoms with van der Waals surface area (Å²) in [6.45, 7) is 1.67. The second kappa shape index (κ2) is 10.3. The number of aromatic nitrogens is 2. The lowest BCUT2D eigenvalue weighted by atomic mass is 10.2. The molecule has 0 spiro atoms. The van der Waals surface area contributed by atoms with E-state index in [0.29, 0.717) is 49.3 Å². The molecule has 1 saturated heterocycles. The first-order chi connectivity index (χ1) is 14.9. The van der Waals surface area contributed by atoms with Gasteiger partial charge < -0.3 is 25.0 Å². The summed E-state index contributed by atoms with van der Waals surface area (Å²) in [4.78, 5) is 22.5. The number of nitrogens with zero attached hydrogens (tertiary/aromatic N) is 4. The highest BCUT2D eigenvalue weighted by molar-refractivity contribution is 7.89. The van der Waals surface area contributed by atoms with Crippen LogP contribution in [0.1, 0.15) is 0 Å². The number of anilines is 2. The normalized spacial score (nSPS) is 14.7. The number of piperazine rings is 1. The molecule has 31 heavy (non-hydrogen) atoms. The number of hydrogen-bond donors (Lipinski definition) is 2. The van der Waals surface area contributed by atoms with Crippen molar-refractivity contribution in [3.63, 3.8) is 0 Å². The lowest BCUT2D eigenvalue weighted by molar-refractivity contribution is 0.252. The van der Waals surface area contributed by atoms with Crippen molar-refractivity contribution in [3.8, 4) is 11.5 Å². The second-order valence-corrected chi connectivity index (χ2v) is 8.76. The van der Waals surface area contributed by atoms with Crippen molar-refractivity contribution in [1.82, 2.24) is 19.6 Å². The molecule has 3 rings (SSSR count). The molecule has 0 bridgehead atoms. The highest BCUT2D eigenvalue weighted by Gasteiger charge is 2.27. The van der Waals surface area contributed by atoms with Crippen LogP contribution in [0.5, 0.6) is 11.5 Å². The van der Waals surface area contributed by atoms with Crippen LogP contribution in [0.15, 0.2) is 36.7 Å². The van der Waals surface area contributed by atoms with Gasteiger partial charge in [-0.25, -0.2) is 23.2 Å². The molecule has 1 aliphatic heterocycles. The number of sulfonamides is 1. The Bertz CT molecular complexity index is 981. The van der Waals surface area contributed by atoms with Gasteiger partial charge in [0.1, 0.15) is 0 Å². The number of methoxy groups -OCH3 is 2. The maximum absolute atomic E-state index is 12.6. The minimum atomic E-state index is -3.50. The highest BCUT2D eigenvalue weighted by atomic mass is 32.2. The number of carbonyl (C=O) groups excluding carboxylic acids is 1. The van der Waals surface area contributed by atoms with Crippen molar-refractivity contribution >= 4 is 27.7 Å². The average molecular weight is 451 g/mol. The summed E-state index contributed by atoms with van der Waals surface area (Å²) >= 11 is 0. The number of urea groups is 1. The van der Waals surface area contributed by atoms with Gasteiger partial charge in [-0.1, -0.05) is 6.07 Å². The summed E-state index contributed by atoms with van der Waals surface area (Å²) in [6.07, 6.45) is 3.31. The molecule has 0 unspecified atom stereocenters. The van der Waals surface area contributed by atoms with E-state index in [1.807, 2.05) is 4.90 Å². The minimum absolute atomic E-state index is 0.0253. The zero-order valence-corrected chi connectivity index (χ0v) is 18.3. The van der Waals surface area contributed by atoms with Gasteiger partial charge >= 0.3 is 6.03 Å². The van der Waals surface area contributed by atoms with Crippen LogP contribution in [0.3, 0.4) is 0 Å². The number of amides is 2. The summed E-state index contributed by atoms with van der Waals surface area (Å²) in [5.74, 6) is 1.25. The number of ether oxygens (including phenoxy) is 2. The molecule has 2 heterocycles. The predicted molar refractivity (Wildman–Crippen MR) is 116 cm³/mol. The molecule has 0 atom stereocenters. The summed E-state index contributed by atoms with van der Waals surface area (Å²) in [7, 11) is -0.534. The molecule has 1 aliphatic rings. The van der Waals surface area contributed by atoms with Gasteiger partial charge in [0.2, 0.25) is 16.0 Å². The topological polar surface area (TPSA) is 126 Å². The monoisotopic (exact) mass is 450 g/mol. The molecule has 0 aliphatic carbocycles. The van der Waals surface area contributed by atoms with Crippen molar-refractivity contribution in [2.75, 3.05) is 62.9 Å². The molecular formula is C19H26N6O5S. The largest absolute Gasteiger partial charge is 0.493 e. The van der Waals surface area contributed by atoms with Crippen molar-refractivity contribution in [3.05, 3.63) is 36.7 Å². The van der Waals surface area contributed by atoms with Gasteiger partial charge in [-0.15, -0.1) is 0 Å². The summed E-state index contributed by atoms with van der Waals surface area (Å²) in [5, 5.41) is 5.21. The van der Waals surface area contributed by atoms with E-state index >= 15 is 0 Å². The number of benzene rings is 1. The molecule has 0 saturated carbocycles. The number of rotatable bonds is 8. The van der Waals surface area contributed by atoms with E-state index in [-0.39, 0.29) is 12.3 Å². The molecule has 1 aromatic carbocycles. The second-order valence-electron chi connectivity index (χ2n) is 6.67. The van der Waals surface area contributed by atoms with E-state index in [9.17, 15) is 13.2 Å². The zero-order valence-electron chi connectivity index (χ0n) is 17.4. The Labute approximate surface area is 181 Å². The fraction of sp³-hybridized carbons (Fsp3) is 0.421. The van der Waals surface area contributed by atoms with Crippen LogP contribution in [0.2, 0.25) is 0 Å². The number of carbonyl (C=O) groups is 1. The van der Waals surface area contributed by atoms with Crippen LogP contribution >= 0.6 is 0 Å². The summed E-state index contributed by atoms with van der Waals surface area (Å²) < 4.78 is 37.1. The summed E-state index contributed by atoms with van der Waals surface area (Å²) in [6, 6.07) is 6.28. The molecule has 1 fully saturated rings. The lowest BCUT2D eigenvalue weighted by Gasteiger charge is -2.33. The Hall–Kier alpha value is -3.12. The minimum Gasteiger partial charge on any atom is -0.493 e. The molecular weight excluding hydrogens is 424 g/mol. The van der Waals surface area contributed by atoms with Gasteiger partial charge in [0.25, 0.3) is 0 Å². The molecule has 12 heteroatoms. The Morgan fingerprint density at radius 3 is 2.42 bits per heavy atom. The van der Waals surface area contributed by atoms with Crippen molar-refractivity contribution in [2.45, 2.75) is 0 Å². The van der Waals surface area contributed by atoms with Gasteiger partial charge in [0.15, 0.2) is 11.5 Å². The first-order valence-electron chi connectivity index (χ1n) is 9.70. The highest BCUT2D eigenvalue weighted by Crippen LogP contribution is 2.34. The Morgan fingerprint density at radius 1 is 1.06 bits per heavy atom. The lowest BCUT2D eigenvalue weighted by Crippen LogP contribution is -2.50.